The Morgan fingerprint density at radius 1 is 1.38 bits per heavy atom. The number of carboxylic acids is 1. The van der Waals surface area contributed by atoms with Crippen LogP contribution in [0.15, 0.2) is 18.2 Å². The molecule has 0 aliphatic carbocycles. The Hall–Kier alpha value is -1.42. The summed E-state index contributed by atoms with van der Waals surface area (Å²) in [7, 11) is 0. The predicted molar refractivity (Wildman–Crippen MR) is 57.9 cm³/mol. The van der Waals surface area contributed by atoms with Gasteiger partial charge in [-0.2, -0.15) is 0 Å². The number of nitrogens with zero attached hydrogens (tertiary/aromatic N) is 1. The van der Waals surface area contributed by atoms with Crippen molar-refractivity contribution in [3.05, 3.63) is 35.1 Å². The van der Waals surface area contributed by atoms with E-state index in [1.165, 1.54) is 18.2 Å². The maximum absolute atomic E-state index is 13.5. The summed E-state index contributed by atoms with van der Waals surface area (Å²) in [5.74, 6) is -1.33. The highest BCUT2D eigenvalue weighted by molar-refractivity contribution is 5.87. The first kappa shape index (κ1) is 11.1. The monoisotopic (exact) mass is 223 g/mol. The third-order valence-corrected chi connectivity index (χ3v) is 2.89. The lowest BCUT2D eigenvalue weighted by molar-refractivity contribution is 0.0696. The Kier molecular flexibility index (Phi) is 3.19. The molecule has 1 aromatic rings. The number of carboxylic acid groups (broad SMARTS) is 1. The molecule has 3 nitrogen and oxygen atoms in total. The van der Waals surface area contributed by atoms with E-state index in [-0.39, 0.29) is 11.4 Å². The summed E-state index contributed by atoms with van der Waals surface area (Å²) in [6, 6.07) is 3.95. The van der Waals surface area contributed by atoms with Crippen LogP contribution in [0.2, 0.25) is 0 Å². The minimum Gasteiger partial charge on any atom is -0.478 e. The van der Waals surface area contributed by atoms with Gasteiger partial charge in [-0.25, -0.2) is 9.18 Å². The van der Waals surface area contributed by atoms with Crippen molar-refractivity contribution in [1.29, 1.82) is 0 Å². The van der Waals surface area contributed by atoms with Crippen LogP contribution in [0, 0.1) is 5.82 Å². The molecule has 16 heavy (non-hydrogen) atoms. The molecule has 0 bridgehead atoms. The molecular weight excluding hydrogens is 209 g/mol. The molecule has 1 heterocycles. The number of aromatic carboxylic acids is 1. The molecule has 0 unspecified atom stereocenters. The van der Waals surface area contributed by atoms with Crippen LogP contribution < -0.4 is 0 Å². The van der Waals surface area contributed by atoms with E-state index < -0.39 is 5.97 Å². The zero-order valence-corrected chi connectivity index (χ0v) is 8.95. The number of benzene rings is 1. The van der Waals surface area contributed by atoms with Crippen molar-refractivity contribution in [2.24, 2.45) is 0 Å². The summed E-state index contributed by atoms with van der Waals surface area (Å²) in [4.78, 5) is 12.9. The lowest BCUT2D eigenvalue weighted by Gasteiger charge is -2.15. The lowest BCUT2D eigenvalue weighted by Crippen LogP contribution is -2.19. The van der Waals surface area contributed by atoms with Crippen LogP contribution >= 0.6 is 0 Å². The van der Waals surface area contributed by atoms with Gasteiger partial charge in [0.2, 0.25) is 0 Å². The Balaban J connectivity index is 2.17. The highest BCUT2D eigenvalue weighted by Gasteiger charge is 2.15. The SMILES string of the molecule is O=C(O)c1ccc(F)c(CN2CCCC2)c1. The third kappa shape index (κ3) is 2.39. The van der Waals surface area contributed by atoms with E-state index in [9.17, 15) is 9.18 Å². The van der Waals surface area contributed by atoms with Gasteiger partial charge in [-0.05, 0) is 44.1 Å². The molecule has 1 aliphatic heterocycles. The molecule has 0 saturated carbocycles. The first-order chi connectivity index (χ1) is 7.66. The highest BCUT2D eigenvalue weighted by Crippen LogP contribution is 2.16. The molecule has 0 aromatic heterocycles. The highest BCUT2D eigenvalue weighted by atomic mass is 19.1. The van der Waals surface area contributed by atoms with E-state index >= 15 is 0 Å². The number of carbonyl (C=O) groups is 1. The van der Waals surface area contributed by atoms with Gasteiger partial charge < -0.3 is 5.11 Å². The summed E-state index contributed by atoms with van der Waals surface area (Å²) in [5, 5.41) is 8.82. The van der Waals surface area contributed by atoms with Gasteiger partial charge >= 0.3 is 5.97 Å². The van der Waals surface area contributed by atoms with Crippen molar-refractivity contribution in [3.63, 3.8) is 0 Å². The van der Waals surface area contributed by atoms with Crippen molar-refractivity contribution in [2.75, 3.05) is 13.1 Å². The summed E-state index contributed by atoms with van der Waals surface area (Å²) < 4.78 is 13.5. The molecule has 86 valence electrons. The predicted octanol–water partition coefficient (Wildman–Crippen LogP) is 2.12. The molecule has 0 amide bonds. The number of rotatable bonds is 3. The maximum Gasteiger partial charge on any atom is 0.335 e. The summed E-state index contributed by atoms with van der Waals surface area (Å²) in [6.07, 6.45) is 2.28. The normalized spacial score (nSPS) is 16.6. The van der Waals surface area contributed by atoms with Crippen molar-refractivity contribution in [2.45, 2.75) is 19.4 Å². The first-order valence-corrected chi connectivity index (χ1v) is 5.41. The van der Waals surface area contributed by atoms with Crippen molar-refractivity contribution < 1.29 is 14.3 Å². The van der Waals surface area contributed by atoms with Crippen molar-refractivity contribution in [1.82, 2.24) is 4.90 Å². The molecule has 1 aliphatic rings. The zero-order valence-electron chi connectivity index (χ0n) is 8.95. The van der Waals surface area contributed by atoms with Crippen LogP contribution in [0.1, 0.15) is 28.8 Å². The minimum atomic E-state index is -1.01. The minimum absolute atomic E-state index is 0.149. The number of halogens is 1. The average Bonchev–Trinajstić information content (AvgIpc) is 2.73. The summed E-state index contributed by atoms with van der Waals surface area (Å²) in [5.41, 5.74) is 0.623. The smallest absolute Gasteiger partial charge is 0.335 e. The Morgan fingerprint density at radius 2 is 2.06 bits per heavy atom. The van der Waals surface area contributed by atoms with Gasteiger partial charge in [0.25, 0.3) is 0 Å². The number of likely N-dealkylation sites (tertiary alicyclic amines) is 1. The van der Waals surface area contributed by atoms with E-state index in [0.29, 0.717) is 12.1 Å². The molecule has 1 aromatic carbocycles. The van der Waals surface area contributed by atoms with Gasteiger partial charge in [-0.3, -0.25) is 4.90 Å². The fourth-order valence-electron chi connectivity index (χ4n) is 2.01. The number of hydrogen-bond donors (Lipinski definition) is 1. The topological polar surface area (TPSA) is 40.5 Å². The van der Waals surface area contributed by atoms with Gasteiger partial charge in [0.1, 0.15) is 5.82 Å². The largest absolute Gasteiger partial charge is 0.478 e. The zero-order chi connectivity index (χ0) is 11.5. The second kappa shape index (κ2) is 4.61. The molecule has 0 radical (unpaired) electrons. The standard InChI is InChI=1S/C12H14FNO2/c13-11-4-3-9(12(15)16)7-10(11)8-14-5-1-2-6-14/h3-4,7H,1-2,5-6,8H2,(H,15,16). The Morgan fingerprint density at radius 3 is 2.69 bits per heavy atom. The fourth-order valence-corrected chi connectivity index (χ4v) is 2.01. The van der Waals surface area contributed by atoms with Crippen LogP contribution in [-0.4, -0.2) is 29.1 Å². The van der Waals surface area contributed by atoms with Gasteiger partial charge in [0, 0.05) is 12.1 Å². The van der Waals surface area contributed by atoms with E-state index in [4.69, 9.17) is 5.11 Å². The van der Waals surface area contributed by atoms with Crippen molar-refractivity contribution in [3.8, 4) is 0 Å². The van der Waals surface area contributed by atoms with Crippen LogP contribution in [0.5, 0.6) is 0 Å². The van der Waals surface area contributed by atoms with Gasteiger partial charge in [-0.15, -0.1) is 0 Å². The molecule has 1 N–H and O–H groups in total. The Labute approximate surface area is 93.5 Å². The van der Waals surface area contributed by atoms with Gasteiger partial charge in [0.05, 0.1) is 5.56 Å². The lowest BCUT2D eigenvalue weighted by atomic mass is 10.1. The molecule has 1 saturated heterocycles. The molecule has 2 rings (SSSR count). The van der Waals surface area contributed by atoms with Gasteiger partial charge in [0.15, 0.2) is 0 Å². The summed E-state index contributed by atoms with van der Waals surface area (Å²) in [6.45, 7) is 2.44. The number of hydrogen-bond acceptors (Lipinski definition) is 2. The molecule has 1 fully saturated rings. The molecule has 0 atom stereocenters. The van der Waals surface area contributed by atoms with E-state index in [2.05, 4.69) is 4.90 Å². The van der Waals surface area contributed by atoms with Crippen molar-refractivity contribution >= 4 is 5.97 Å². The van der Waals surface area contributed by atoms with Crippen LogP contribution in [0.4, 0.5) is 4.39 Å². The van der Waals surface area contributed by atoms with E-state index in [0.717, 1.165) is 25.9 Å². The van der Waals surface area contributed by atoms with Gasteiger partial charge in [-0.1, -0.05) is 0 Å². The van der Waals surface area contributed by atoms with Crippen LogP contribution in [0.3, 0.4) is 0 Å². The maximum atomic E-state index is 13.5. The first-order valence-electron chi connectivity index (χ1n) is 5.41. The second-order valence-corrected chi connectivity index (χ2v) is 4.09. The second-order valence-electron chi connectivity index (χ2n) is 4.09. The molecular formula is C12H14FNO2. The van der Waals surface area contributed by atoms with E-state index in [1.54, 1.807) is 0 Å². The van der Waals surface area contributed by atoms with Crippen LogP contribution in [-0.2, 0) is 6.54 Å². The van der Waals surface area contributed by atoms with E-state index in [1.807, 2.05) is 0 Å². The Bertz CT molecular complexity index is 400. The third-order valence-electron chi connectivity index (χ3n) is 2.89. The summed E-state index contributed by atoms with van der Waals surface area (Å²) >= 11 is 0. The average molecular weight is 223 g/mol. The fraction of sp³-hybridized carbons (Fsp3) is 0.417. The molecule has 4 heteroatoms. The van der Waals surface area contributed by atoms with Crippen LogP contribution in [0.25, 0.3) is 0 Å². The molecule has 0 spiro atoms. The quantitative estimate of drug-likeness (QED) is 0.853.